The third kappa shape index (κ3) is 3.08. The summed E-state index contributed by atoms with van der Waals surface area (Å²) in [6.07, 6.45) is 0. The van der Waals surface area contributed by atoms with Gasteiger partial charge in [-0.3, -0.25) is 0 Å². The molecule has 1 aromatic heterocycles. The molecule has 0 fully saturated rings. The van der Waals surface area contributed by atoms with Crippen molar-refractivity contribution in [2.24, 2.45) is 0 Å². The van der Waals surface area contributed by atoms with Crippen LogP contribution in [0.1, 0.15) is 28.7 Å². The first-order valence-electron chi connectivity index (χ1n) is 7.61. The number of phenols is 1. The zero-order chi connectivity index (χ0) is 17.3. The fraction of sp³-hybridized carbons (Fsp3) is 0.222. The first kappa shape index (κ1) is 16.3. The average Bonchev–Trinajstić information content (AvgIpc) is 2.85. The summed E-state index contributed by atoms with van der Waals surface area (Å²) in [5.41, 5.74) is 2.98. The van der Waals surface area contributed by atoms with Crippen LogP contribution in [0.2, 0.25) is 5.02 Å². The number of carbonyl (C=O) groups excluding carboxylic acids is 1. The van der Waals surface area contributed by atoms with Crippen LogP contribution in [-0.4, -0.2) is 27.2 Å². The van der Waals surface area contributed by atoms with Gasteiger partial charge in [0, 0.05) is 5.02 Å². The Kier molecular flexibility index (Phi) is 4.44. The Morgan fingerprint density at radius 3 is 2.79 bits per heavy atom. The molecule has 0 saturated heterocycles. The number of ether oxygens (including phenoxy) is 1. The van der Waals surface area contributed by atoms with E-state index in [0.29, 0.717) is 23.7 Å². The van der Waals surface area contributed by atoms with Crippen molar-refractivity contribution in [3.63, 3.8) is 0 Å². The number of carbonyl (C=O) groups is 1. The van der Waals surface area contributed by atoms with E-state index >= 15 is 0 Å². The zero-order valence-electron chi connectivity index (χ0n) is 13.4. The summed E-state index contributed by atoms with van der Waals surface area (Å²) in [5.74, 6) is 0.586. The van der Waals surface area contributed by atoms with Crippen molar-refractivity contribution in [1.29, 1.82) is 0 Å². The summed E-state index contributed by atoms with van der Waals surface area (Å²) >= 11 is 6.21. The van der Waals surface area contributed by atoms with Crippen LogP contribution in [0.4, 0.5) is 0 Å². The third-order valence-corrected chi connectivity index (χ3v) is 4.17. The fourth-order valence-corrected chi connectivity index (χ4v) is 2.85. The van der Waals surface area contributed by atoms with Crippen LogP contribution in [0.5, 0.6) is 5.75 Å². The first-order chi connectivity index (χ1) is 11.5. The van der Waals surface area contributed by atoms with E-state index in [4.69, 9.17) is 16.3 Å². The fourth-order valence-electron chi connectivity index (χ4n) is 2.62. The van der Waals surface area contributed by atoms with Crippen LogP contribution in [0.15, 0.2) is 36.4 Å². The van der Waals surface area contributed by atoms with Crippen LogP contribution in [0.3, 0.4) is 0 Å². The first-order valence-corrected chi connectivity index (χ1v) is 7.98. The van der Waals surface area contributed by atoms with Gasteiger partial charge in [0.1, 0.15) is 11.6 Å². The predicted molar refractivity (Wildman–Crippen MR) is 92.6 cm³/mol. The van der Waals surface area contributed by atoms with Crippen molar-refractivity contribution >= 4 is 28.6 Å². The monoisotopic (exact) mass is 344 g/mol. The lowest BCUT2D eigenvalue weighted by molar-refractivity contribution is 0.0526. The van der Waals surface area contributed by atoms with Gasteiger partial charge in [-0.2, -0.15) is 0 Å². The lowest BCUT2D eigenvalue weighted by Gasteiger charge is -2.10. The highest BCUT2D eigenvalue weighted by Crippen LogP contribution is 2.25. The summed E-state index contributed by atoms with van der Waals surface area (Å²) in [5, 5.41) is 9.97. The number of phenolic OH excluding ortho intramolecular Hbond substituents is 1. The summed E-state index contributed by atoms with van der Waals surface area (Å²) < 4.78 is 7.04. The number of hydrogen-bond acceptors (Lipinski definition) is 4. The Labute approximate surface area is 144 Å². The molecule has 1 heterocycles. The molecule has 0 bridgehead atoms. The average molecular weight is 345 g/mol. The minimum atomic E-state index is -0.354. The molecule has 0 spiro atoms. The molecular weight excluding hydrogens is 328 g/mol. The highest BCUT2D eigenvalue weighted by Gasteiger charge is 2.13. The number of aryl methyl sites for hydroxylation is 1. The number of aromatic nitrogens is 2. The van der Waals surface area contributed by atoms with Crippen LogP contribution in [0, 0.1) is 6.92 Å². The van der Waals surface area contributed by atoms with Gasteiger partial charge in [-0.15, -0.1) is 0 Å². The number of esters is 1. The van der Waals surface area contributed by atoms with E-state index in [0.717, 1.165) is 22.4 Å². The Morgan fingerprint density at radius 2 is 2.08 bits per heavy atom. The number of halogens is 1. The minimum absolute atomic E-state index is 0.126. The molecule has 0 atom stereocenters. The molecule has 3 rings (SSSR count). The number of fused-ring (bicyclic) bond motifs is 1. The SMILES string of the molecule is CCOC(=O)c1ccc2nc(C)n(Cc3ccc(O)cc3Cl)c2c1. The molecule has 0 amide bonds. The van der Waals surface area contributed by atoms with Crippen molar-refractivity contribution in [2.45, 2.75) is 20.4 Å². The second-order valence-electron chi connectivity index (χ2n) is 5.44. The molecule has 0 aliphatic rings. The number of aromatic hydroxyl groups is 1. The van der Waals surface area contributed by atoms with E-state index in [-0.39, 0.29) is 11.7 Å². The van der Waals surface area contributed by atoms with E-state index in [2.05, 4.69) is 4.98 Å². The van der Waals surface area contributed by atoms with Gasteiger partial charge in [-0.05, 0) is 49.7 Å². The Bertz CT molecular complexity index is 918. The number of rotatable bonds is 4. The van der Waals surface area contributed by atoms with Gasteiger partial charge in [0.2, 0.25) is 0 Å². The van der Waals surface area contributed by atoms with Crippen LogP contribution < -0.4 is 0 Å². The summed E-state index contributed by atoms with van der Waals surface area (Å²) in [4.78, 5) is 16.5. The van der Waals surface area contributed by atoms with Gasteiger partial charge in [-0.1, -0.05) is 17.7 Å². The predicted octanol–water partition coefficient (Wildman–Crippen LogP) is 3.93. The standard InChI is InChI=1S/C18H17ClN2O3/c1-3-24-18(23)12-5-7-16-17(8-12)21(11(2)20-16)10-13-4-6-14(22)9-15(13)19/h4-9,22H,3,10H2,1-2H3. The molecule has 5 nitrogen and oxygen atoms in total. The van der Waals surface area contributed by atoms with Gasteiger partial charge in [0.15, 0.2) is 0 Å². The molecule has 0 aliphatic carbocycles. The summed E-state index contributed by atoms with van der Waals surface area (Å²) in [6, 6.07) is 10.2. The van der Waals surface area contributed by atoms with Gasteiger partial charge in [0.25, 0.3) is 0 Å². The maximum atomic E-state index is 12.0. The van der Waals surface area contributed by atoms with Crippen molar-refractivity contribution < 1.29 is 14.6 Å². The molecule has 124 valence electrons. The Hall–Kier alpha value is -2.53. The molecular formula is C18H17ClN2O3. The number of hydrogen-bond donors (Lipinski definition) is 1. The molecule has 0 radical (unpaired) electrons. The Balaban J connectivity index is 2.04. The summed E-state index contributed by atoms with van der Waals surface area (Å²) in [7, 11) is 0. The summed E-state index contributed by atoms with van der Waals surface area (Å²) in [6.45, 7) is 4.50. The van der Waals surface area contributed by atoms with Crippen molar-refractivity contribution in [2.75, 3.05) is 6.61 Å². The lowest BCUT2D eigenvalue weighted by Crippen LogP contribution is -2.06. The van der Waals surface area contributed by atoms with E-state index in [1.807, 2.05) is 17.6 Å². The number of imidazole rings is 1. The van der Waals surface area contributed by atoms with E-state index in [9.17, 15) is 9.90 Å². The minimum Gasteiger partial charge on any atom is -0.508 e. The van der Waals surface area contributed by atoms with Crippen LogP contribution in [-0.2, 0) is 11.3 Å². The van der Waals surface area contributed by atoms with Gasteiger partial charge in [-0.25, -0.2) is 9.78 Å². The normalized spacial score (nSPS) is 11.0. The zero-order valence-corrected chi connectivity index (χ0v) is 14.2. The largest absolute Gasteiger partial charge is 0.508 e. The quantitative estimate of drug-likeness (QED) is 0.728. The van der Waals surface area contributed by atoms with E-state index in [1.165, 1.54) is 6.07 Å². The maximum Gasteiger partial charge on any atom is 0.338 e. The van der Waals surface area contributed by atoms with Crippen molar-refractivity contribution in [1.82, 2.24) is 9.55 Å². The molecule has 3 aromatic rings. The second kappa shape index (κ2) is 6.53. The van der Waals surface area contributed by atoms with Crippen LogP contribution >= 0.6 is 11.6 Å². The van der Waals surface area contributed by atoms with Crippen molar-refractivity contribution in [3.05, 3.63) is 58.4 Å². The molecule has 2 aromatic carbocycles. The Morgan fingerprint density at radius 1 is 1.29 bits per heavy atom. The molecule has 1 N–H and O–H groups in total. The topological polar surface area (TPSA) is 64.3 Å². The van der Waals surface area contributed by atoms with E-state index in [1.54, 1.807) is 31.2 Å². The van der Waals surface area contributed by atoms with Crippen molar-refractivity contribution in [3.8, 4) is 5.75 Å². The molecule has 6 heteroatoms. The van der Waals surface area contributed by atoms with Gasteiger partial charge < -0.3 is 14.4 Å². The second-order valence-corrected chi connectivity index (χ2v) is 5.85. The van der Waals surface area contributed by atoms with Gasteiger partial charge in [0.05, 0.1) is 29.7 Å². The van der Waals surface area contributed by atoms with Crippen LogP contribution in [0.25, 0.3) is 11.0 Å². The van der Waals surface area contributed by atoms with Gasteiger partial charge >= 0.3 is 5.97 Å². The number of nitrogens with zero attached hydrogens (tertiary/aromatic N) is 2. The third-order valence-electron chi connectivity index (χ3n) is 3.82. The highest BCUT2D eigenvalue weighted by atomic mass is 35.5. The molecule has 0 unspecified atom stereocenters. The molecule has 0 aliphatic heterocycles. The van der Waals surface area contributed by atoms with E-state index < -0.39 is 0 Å². The lowest BCUT2D eigenvalue weighted by atomic mass is 10.2. The molecule has 24 heavy (non-hydrogen) atoms. The maximum absolute atomic E-state index is 12.0. The smallest absolute Gasteiger partial charge is 0.338 e. The highest BCUT2D eigenvalue weighted by molar-refractivity contribution is 6.31. The number of benzene rings is 2. The molecule has 0 saturated carbocycles.